The number of hydrogen-bond donors (Lipinski definition) is 1. The number of rotatable bonds is 0. The van der Waals surface area contributed by atoms with Crippen molar-refractivity contribution in [2.24, 2.45) is 0 Å². The van der Waals surface area contributed by atoms with Gasteiger partial charge in [0.1, 0.15) is 0 Å². The summed E-state index contributed by atoms with van der Waals surface area (Å²) in [5.41, 5.74) is 0. The lowest BCUT2D eigenvalue weighted by Crippen LogP contribution is -1.67. The van der Waals surface area contributed by atoms with Crippen LogP contribution in [-0.4, -0.2) is 11.6 Å². The van der Waals surface area contributed by atoms with E-state index < -0.39 is 0 Å². The van der Waals surface area contributed by atoms with Crippen LogP contribution in [-0.2, 0) is 4.79 Å². The number of hydrogen-bond acceptors (Lipinski definition) is 1. The van der Waals surface area contributed by atoms with Gasteiger partial charge in [-0.25, -0.2) is 0 Å². The zero-order valence-corrected chi connectivity index (χ0v) is 8.47. The monoisotopic (exact) mass is 202 g/mol. The van der Waals surface area contributed by atoms with Crippen LogP contribution in [0.3, 0.4) is 0 Å². The summed E-state index contributed by atoms with van der Waals surface area (Å²) < 4.78 is 0. The fourth-order valence-electron chi connectivity index (χ4n) is 1.13. The van der Waals surface area contributed by atoms with E-state index in [4.69, 9.17) is 9.90 Å². The highest BCUT2D eigenvalue weighted by Crippen LogP contribution is 2.11. The Morgan fingerprint density at radius 1 is 0.867 bits per heavy atom. The molecule has 0 aliphatic rings. The van der Waals surface area contributed by atoms with Crippen LogP contribution in [0.4, 0.5) is 0 Å². The molecule has 0 aromatic heterocycles. The highest BCUT2D eigenvalue weighted by atomic mass is 16.3. The predicted octanol–water partition coefficient (Wildman–Crippen LogP) is 3.34. The molecule has 0 amide bonds. The Balaban J connectivity index is 0.000000342. The second kappa shape index (κ2) is 8.51. The zero-order chi connectivity index (χ0) is 11.5. The van der Waals surface area contributed by atoms with E-state index >= 15 is 0 Å². The molecule has 0 unspecified atom stereocenters. The molecule has 2 aromatic rings. The molecule has 0 aliphatic carbocycles. The van der Waals surface area contributed by atoms with Gasteiger partial charge in [0.05, 0.1) is 0 Å². The molecule has 2 rings (SSSR count). The maximum atomic E-state index is 8.36. The number of carbonyl (C=O) groups is 1. The molecule has 0 atom stereocenters. The maximum absolute atomic E-state index is 8.36. The highest BCUT2D eigenvalue weighted by molar-refractivity contribution is 5.81. The van der Waals surface area contributed by atoms with E-state index in [9.17, 15) is 0 Å². The minimum absolute atomic E-state index is 0.250. The molecule has 0 heterocycles. The van der Waals surface area contributed by atoms with Crippen molar-refractivity contribution in [3.05, 3.63) is 61.7 Å². The van der Waals surface area contributed by atoms with E-state index in [1.807, 2.05) is 0 Å². The molecule has 2 nitrogen and oxygen atoms in total. The first-order valence-corrected chi connectivity index (χ1v) is 4.40. The average Bonchev–Trinajstić information content (AvgIpc) is 2.33. The molecule has 1 N–H and O–H groups in total. The van der Waals surface area contributed by atoms with E-state index in [1.54, 1.807) is 0 Å². The molecule has 0 spiro atoms. The first-order valence-electron chi connectivity index (χ1n) is 4.40. The Bertz CT molecular complexity index is 331. The van der Waals surface area contributed by atoms with Crippen molar-refractivity contribution in [1.29, 1.82) is 0 Å². The van der Waals surface area contributed by atoms with Gasteiger partial charge in [0.2, 0.25) is 0 Å². The topological polar surface area (TPSA) is 37.3 Å². The third kappa shape index (κ3) is 4.62. The minimum Gasteiger partial charge on any atom is -0.483 e. The molecule has 0 bridgehead atoms. The lowest BCUT2D eigenvalue weighted by atomic mass is 10.1. The normalized spacial score (nSPS) is 7.73. The van der Waals surface area contributed by atoms with Crippen molar-refractivity contribution < 1.29 is 9.90 Å². The minimum atomic E-state index is -0.250. The van der Waals surface area contributed by atoms with Crippen LogP contribution < -0.4 is 0 Å². The first kappa shape index (κ1) is 12.9. The van der Waals surface area contributed by atoms with E-state index in [0.717, 1.165) is 0 Å². The highest BCUT2D eigenvalue weighted by Gasteiger charge is 1.85. The summed E-state index contributed by atoms with van der Waals surface area (Å²) in [6, 6.07) is 16.7. The molecular formula is C13H14O2. The molecule has 0 fully saturated rings. The van der Waals surface area contributed by atoms with Gasteiger partial charge in [-0.15, -0.1) is 13.2 Å². The number of carboxylic acid groups (broad SMARTS) is 1. The molecule has 2 aromatic carbocycles. The summed E-state index contributed by atoms with van der Waals surface area (Å²) in [4.78, 5) is 8.36. The van der Waals surface area contributed by atoms with Crippen LogP contribution in [0.5, 0.6) is 0 Å². The molecule has 15 heavy (non-hydrogen) atoms. The van der Waals surface area contributed by atoms with Gasteiger partial charge in [0.15, 0.2) is 0 Å². The van der Waals surface area contributed by atoms with Gasteiger partial charge < -0.3 is 5.11 Å². The largest absolute Gasteiger partial charge is 0.483 e. The third-order valence-corrected chi connectivity index (χ3v) is 1.66. The standard InChI is InChI=1S/C10H8.C2H4.CH2O2/c1-2-6-10-8-4-3-7-9(10)5-1;1-2;2-1-3/h1-8H;1-2H2;1H,(H,2,3). The van der Waals surface area contributed by atoms with Gasteiger partial charge in [-0.2, -0.15) is 0 Å². The van der Waals surface area contributed by atoms with Gasteiger partial charge in [-0.05, 0) is 10.8 Å². The van der Waals surface area contributed by atoms with Gasteiger partial charge in [0.25, 0.3) is 6.47 Å². The summed E-state index contributed by atoms with van der Waals surface area (Å²) in [6.07, 6.45) is 0. The average molecular weight is 202 g/mol. The third-order valence-electron chi connectivity index (χ3n) is 1.66. The number of fused-ring (bicyclic) bond motifs is 1. The van der Waals surface area contributed by atoms with Crippen molar-refractivity contribution in [2.75, 3.05) is 0 Å². The van der Waals surface area contributed by atoms with Crippen molar-refractivity contribution in [3.8, 4) is 0 Å². The SMILES string of the molecule is C=C.O=CO.c1ccc2ccccc2c1. The molecule has 2 heteroatoms. The molecular weight excluding hydrogens is 188 g/mol. The van der Waals surface area contributed by atoms with Crippen molar-refractivity contribution in [1.82, 2.24) is 0 Å². The Kier molecular flexibility index (Phi) is 7.32. The number of benzene rings is 2. The van der Waals surface area contributed by atoms with E-state index in [2.05, 4.69) is 61.7 Å². The van der Waals surface area contributed by atoms with Crippen molar-refractivity contribution in [3.63, 3.8) is 0 Å². The maximum Gasteiger partial charge on any atom is 0.290 e. The summed E-state index contributed by atoms with van der Waals surface area (Å²) in [7, 11) is 0. The quantitative estimate of drug-likeness (QED) is 0.525. The Morgan fingerprint density at radius 3 is 1.27 bits per heavy atom. The van der Waals surface area contributed by atoms with Crippen LogP contribution in [0.25, 0.3) is 10.8 Å². The lowest BCUT2D eigenvalue weighted by molar-refractivity contribution is -0.122. The van der Waals surface area contributed by atoms with Crippen LogP contribution in [0.15, 0.2) is 61.7 Å². The zero-order valence-electron chi connectivity index (χ0n) is 8.47. The van der Waals surface area contributed by atoms with Crippen LogP contribution in [0.2, 0.25) is 0 Å². The van der Waals surface area contributed by atoms with E-state index in [-0.39, 0.29) is 6.47 Å². The van der Waals surface area contributed by atoms with Crippen LogP contribution in [0.1, 0.15) is 0 Å². The second-order valence-electron chi connectivity index (χ2n) is 2.45. The van der Waals surface area contributed by atoms with Crippen molar-refractivity contribution in [2.45, 2.75) is 0 Å². The van der Waals surface area contributed by atoms with Crippen molar-refractivity contribution >= 4 is 17.2 Å². The Morgan fingerprint density at radius 2 is 1.07 bits per heavy atom. The molecule has 0 saturated heterocycles. The van der Waals surface area contributed by atoms with Gasteiger partial charge in [-0.1, -0.05) is 48.5 Å². The summed E-state index contributed by atoms with van der Waals surface area (Å²) in [5.74, 6) is 0. The lowest BCUT2D eigenvalue weighted by Gasteiger charge is -1.92. The van der Waals surface area contributed by atoms with Gasteiger partial charge >= 0.3 is 0 Å². The van der Waals surface area contributed by atoms with Gasteiger partial charge in [0, 0.05) is 0 Å². The molecule has 0 saturated carbocycles. The van der Waals surface area contributed by atoms with Crippen LogP contribution >= 0.6 is 0 Å². The Hall–Kier alpha value is -2.09. The first-order chi connectivity index (χ1) is 7.38. The fraction of sp³-hybridized carbons (Fsp3) is 0. The molecule has 0 aliphatic heterocycles. The fourth-order valence-corrected chi connectivity index (χ4v) is 1.13. The van der Waals surface area contributed by atoms with Gasteiger partial charge in [-0.3, -0.25) is 4.79 Å². The predicted molar refractivity (Wildman–Crippen MR) is 63.9 cm³/mol. The molecule has 0 radical (unpaired) electrons. The summed E-state index contributed by atoms with van der Waals surface area (Å²) >= 11 is 0. The second-order valence-corrected chi connectivity index (χ2v) is 2.45. The Labute approximate surface area is 89.5 Å². The summed E-state index contributed by atoms with van der Waals surface area (Å²) in [6.45, 7) is 5.75. The van der Waals surface area contributed by atoms with E-state index in [0.29, 0.717) is 0 Å². The summed E-state index contributed by atoms with van der Waals surface area (Å²) in [5, 5.41) is 9.51. The molecule has 78 valence electrons. The van der Waals surface area contributed by atoms with E-state index in [1.165, 1.54) is 10.8 Å². The van der Waals surface area contributed by atoms with Crippen LogP contribution in [0, 0.1) is 0 Å². The smallest absolute Gasteiger partial charge is 0.290 e.